The average Bonchev–Trinajstić information content (AvgIpc) is 0.841. The molecular formula is C83H79BrI2O4S13. The van der Waals surface area contributed by atoms with E-state index in [1.165, 1.54) is 65.6 Å². The Labute approximate surface area is 696 Å². The predicted molar refractivity (Wildman–Crippen MR) is 487 cm³/mol. The molecule has 1 unspecified atom stereocenters. The van der Waals surface area contributed by atoms with Gasteiger partial charge in [-0.15, -0.1) is 47.9 Å². The number of thiol groups is 1. The number of sulfone groups is 1. The summed E-state index contributed by atoms with van der Waals surface area (Å²) < 4.78 is 39.3. The third kappa shape index (κ3) is 38.7. The van der Waals surface area contributed by atoms with Crippen LogP contribution in [0.1, 0.15) is 40.3 Å². The standard InChI is InChI=1S/C15H14OS2.C14H14O2S3.C14H14OS3.C14H14S3.C13H11IS.C7H6BrI.C6H6S/c1-12(16)18-15-9-5-6-13(10-15)11-17-14-7-3-2-4-8-14;1-17-18-13-7-5-6-12(10-13)11-19(15,16)14-8-3-2-4-9-14;1-16-17-13-7-5-6-12(10-13)11-18(15)14-8-3-2-4-9-14;1-15-17-14-9-5-6-12(10-14)11-16-13-7-3-2-4-8-13;14-12-6-4-5-11(9-12)10-15-13-7-2-1-3-8-13;8-5-6-2-1-3-7(9)4-6;7-6-4-2-1-3-5-6/h2-10H,11H2,1H3;2-10H,11H2,1H3;2-10H,11H2,1H3;2-10H,11H2,1H3;1-9H,10H2;1-4H,5H2;1-5,7H. The molecule has 0 aliphatic rings. The SMILES string of the molecule is BrCc1cccc(I)c1.CC(=O)Sc1cccc(CSc2ccccc2)c1.CSSc1cccc(CS(=O)(=O)c2ccccc2)c1.CSSc1cccc(CS(=O)c2ccccc2)c1.CSSc1cccc(CSc2ccccc2)c1.Ic1cccc(CSc2ccccc2)c1.Sc1ccccc1. The number of rotatable bonds is 23. The summed E-state index contributed by atoms with van der Waals surface area (Å²) in [6.07, 6.45) is 6.16. The minimum atomic E-state index is -3.26. The topological polar surface area (TPSA) is 68.3 Å². The lowest BCUT2D eigenvalue weighted by Gasteiger charge is -2.06. The summed E-state index contributed by atoms with van der Waals surface area (Å²) in [6, 6.07) is 109. The van der Waals surface area contributed by atoms with E-state index < -0.39 is 20.6 Å². The molecule has 0 saturated heterocycles. The Balaban J connectivity index is 0.000000192. The molecule has 0 radical (unpaired) electrons. The third-order valence-electron chi connectivity index (χ3n) is 13.3. The van der Waals surface area contributed by atoms with E-state index in [4.69, 9.17) is 0 Å². The van der Waals surface area contributed by atoms with Gasteiger partial charge < -0.3 is 0 Å². The Hall–Kier alpha value is -3.80. The molecule has 0 saturated carbocycles. The number of carbonyl (C=O) groups excluding carboxylic acids is 1. The zero-order valence-electron chi connectivity index (χ0n) is 57.0. The first-order valence-corrected chi connectivity index (χ1v) is 49.9. The number of carbonyl (C=O) groups is 1. The van der Waals surface area contributed by atoms with Gasteiger partial charge in [-0.25, -0.2) is 8.42 Å². The van der Waals surface area contributed by atoms with Crippen LogP contribution in [0.25, 0.3) is 0 Å². The van der Waals surface area contributed by atoms with E-state index in [1.807, 2.05) is 174 Å². The number of halogens is 3. The monoisotopic (exact) mass is 1890 g/mol. The van der Waals surface area contributed by atoms with E-state index in [9.17, 15) is 17.4 Å². The minimum Gasteiger partial charge on any atom is -0.287 e. The van der Waals surface area contributed by atoms with E-state index in [0.29, 0.717) is 10.6 Å². The van der Waals surface area contributed by atoms with Crippen molar-refractivity contribution in [2.24, 2.45) is 0 Å². The molecule has 12 aromatic rings. The first-order chi connectivity index (χ1) is 50.1. The van der Waals surface area contributed by atoms with E-state index >= 15 is 0 Å². The number of benzene rings is 12. The van der Waals surface area contributed by atoms with Crippen LogP contribution in [0, 0.1) is 7.14 Å². The highest BCUT2D eigenvalue weighted by Gasteiger charge is 2.15. The summed E-state index contributed by atoms with van der Waals surface area (Å²) in [5, 5.41) is 1.08. The molecule has 534 valence electrons. The van der Waals surface area contributed by atoms with Gasteiger partial charge in [0.2, 0.25) is 0 Å². The molecule has 0 spiro atoms. The molecule has 12 rings (SSSR count). The third-order valence-corrected chi connectivity index (χ3v) is 27.8. The molecule has 0 aliphatic heterocycles. The molecule has 0 amide bonds. The van der Waals surface area contributed by atoms with Crippen molar-refractivity contribution >= 4 is 211 Å². The van der Waals surface area contributed by atoms with Gasteiger partial charge in [0.15, 0.2) is 15.0 Å². The highest BCUT2D eigenvalue weighted by Crippen LogP contribution is 2.33. The molecule has 0 N–H and O–H groups in total. The van der Waals surface area contributed by atoms with E-state index in [-0.39, 0.29) is 10.9 Å². The smallest absolute Gasteiger partial charge is 0.190 e. The Morgan fingerprint density at radius 2 is 0.709 bits per heavy atom. The fourth-order valence-corrected chi connectivity index (χ4v) is 20.4. The maximum Gasteiger partial charge on any atom is 0.190 e. The quantitative estimate of drug-likeness (QED) is 0.0217. The largest absolute Gasteiger partial charge is 0.287 e. The second kappa shape index (κ2) is 53.1. The van der Waals surface area contributed by atoms with Crippen molar-refractivity contribution in [2.45, 2.75) is 90.0 Å². The molecule has 0 fully saturated rings. The fourth-order valence-electron chi connectivity index (χ4n) is 8.68. The maximum absolute atomic E-state index is 12.3. The lowest BCUT2D eigenvalue weighted by atomic mass is 10.2. The molecule has 0 bridgehead atoms. The van der Waals surface area contributed by atoms with E-state index in [0.717, 1.165) is 53.3 Å². The summed E-state index contributed by atoms with van der Waals surface area (Å²) in [6.45, 7) is 1.59. The Morgan fingerprint density at radius 3 is 1.10 bits per heavy atom. The molecule has 20 heteroatoms. The van der Waals surface area contributed by atoms with Crippen molar-refractivity contribution in [3.05, 3.63) is 368 Å². The van der Waals surface area contributed by atoms with Crippen molar-refractivity contribution in [1.29, 1.82) is 0 Å². The van der Waals surface area contributed by atoms with Crippen LogP contribution in [0.2, 0.25) is 0 Å². The zero-order valence-corrected chi connectivity index (χ0v) is 73.6. The van der Waals surface area contributed by atoms with Gasteiger partial charge in [-0.2, -0.15) is 0 Å². The summed E-state index contributed by atoms with van der Waals surface area (Å²) in [5.74, 6) is 3.62. The number of hydrogen-bond donors (Lipinski definition) is 1. The predicted octanol–water partition coefficient (Wildman–Crippen LogP) is 28.1. The fraction of sp³-hybridized carbons (Fsp3) is 0.120. The van der Waals surface area contributed by atoms with Gasteiger partial charge in [-0.3, -0.25) is 9.00 Å². The van der Waals surface area contributed by atoms with Crippen molar-refractivity contribution in [2.75, 3.05) is 18.8 Å². The Bertz CT molecular complexity index is 4470. The van der Waals surface area contributed by atoms with Gasteiger partial charge in [-0.05, 0) is 243 Å². The van der Waals surface area contributed by atoms with Crippen LogP contribution >= 0.6 is 186 Å². The first kappa shape index (κ1) is 88.1. The van der Waals surface area contributed by atoms with Gasteiger partial charge in [0.1, 0.15) is 0 Å². The second-order valence-corrected chi connectivity index (χ2v) is 40.2. The lowest BCUT2D eigenvalue weighted by Crippen LogP contribution is -2.04. The Kier molecular flexibility index (Phi) is 45.4. The molecular weight excluding hydrogens is 1810 g/mol. The van der Waals surface area contributed by atoms with Gasteiger partial charge in [0.25, 0.3) is 0 Å². The van der Waals surface area contributed by atoms with Crippen LogP contribution in [0.4, 0.5) is 0 Å². The van der Waals surface area contributed by atoms with Crippen molar-refractivity contribution in [1.82, 2.24) is 0 Å². The maximum atomic E-state index is 12.3. The molecule has 103 heavy (non-hydrogen) atoms. The van der Waals surface area contributed by atoms with Crippen molar-refractivity contribution in [3.8, 4) is 0 Å². The van der Waals surface area contributed by atoms with Crippen LogP contribution in [0.3, 0.4) is 0 Å². The van der Waals surface area contributed by atoms with Crippen molar-refractivity contribution < 1.29 is 17.4 Å². The van der Waals surface area contributed by atoms with Gasteiger partial charge in [0, 0.05) is 80.7 Å². The highest BCUT2D eigenvalue weighted by atomic mass is 127. The number of thioether (sulfide) groups is 4. The molecule has 1 atom stereocenters. The van der Waals surface area contributed by atoms with E-state index in [1.54, 1.807) is 96.9 Å². The van der Waals surface area contributed by atoms with Crippen LogP contribution < -0.4 is 0 Å². The zero-order chi connectivity index (χ0) is 73.5. The second-order valence-electron chi connectivity index (χ2n) is 21.3. The number of hydrogen-bond acceptors (Lipinski definition) is 15. The van der Waals surface area contributed by atoms with Crippen LogP contribution in [-0.2, 0) is 59.5 Å². The molecule has 0 heterocycles. The summed E-state index contributed by atoms with van der Waals surface area (Å²) in [4.78, 5) is 21.9. The highest BCUT2D eigenvalue weighted by molar-refractivity contribution is 14.1. The molecule has 4 nitrogen and oxygen atoms in total. The summed E-state index contributed by atoms with van der Waals surface area (Å²) in [5.41, 5.74) is 7.30. The van der Waals surface area contributed by atoms with Gasteiger partial charge >= 0.3 is 0 Å². The van der Waals surface area contributed by atoms with Crippen LogP contribution in [0.15, 0.2) is 377 Å². The van der Waals surface area contributed by atoms with Crippen molar-refractivity contribution in [3.63, 3.8) is 0 Å². The van der Waals surface area contributed by atoms with Gasteiger partial charge in [-0.1, -0.05) is 274 Å². The Morgan fingerprint density at radius 1 is 0.388 bits per heavy atom. The van der Waals surface area contributed by atoms with Crippen LogP contribution in [-0.4, -0.2) is 36.5 Å². The van der Waals surface area contributed by atoms with Gasteiger partial charge in [0.05, 0.1) is 27.2 Å². The minimum absolute atomic E-state index is 0.0415. The molecule has 12 aromatic carbocycles. The summed E-state index contributed by atoms with van der Waals surface area (Å²) in [7, 11) is 6.11. The molecule has 0 aromatic heterocycles. The first-order valence-electron chi connectivity index (χ1n) is 31.8. The normalized spacial score (nSPS) is 10.7. The number of alkyl halides is 1. The van der Waals surface area contributed by atoms with E-state index in [2.05, 4.69) is 256 Å². The average molecular weight is 1890 g/mol. The van der Waals surface area contributed by atoms with Crippen LogP contribution in [0.5, 0.6) is 0 Å². The summed E-state index contributed by atoms with van der Waals surface area (Å²) >= 11 is 19.0. The lowest BCUT2D eigenvalue weighted by molar-refractivity contribution is -0.109. The molecule has 0 aliphatic carbocycles.